The lowest BCUT2D eigenvalue weighted by Crippen LogP contribution is -2.48. The molecule has 0 aromatic rings. The third-order valence-electron chi connectivity index (χ3n) is 3.79. The van der Waals surface area contributed by atoms with E-state index in [1.54, 1.807) is 0 Å². The Labute approximate surface area is 107 Å². The monoisotopic (exact) mass is 242 g/mol. The summed E-state index contributed by atoms with van der Waals surface area (Å²) in [5, 5.41) is 13.5. The minimum atomic E-state index is -0.122. The Morgan fingerprint density at radius 1 is 1.29 bits per heavy atom. The Morgan fingerprint density at radius 3 is 2.53 bits per heavy atom. The predicted molar refractivity (Wildman–Crippen MR) is 73.2 cm³/mol. The first-order chi connectivity index (χ1) is 7.96. The van der Waals surface area contributed by atoms with Crippen LogP contribution in [-0.4, -0.2) is 48.8 Å². The van der Waals surface area contributed by atoms with Crippen molar-refractivity contribution in [2.45, 2.75) is 58.6 Å². The third kappa shape index (κ3) is 4.94. The van der Waals surface area contributed by atoms with Crippen LogP contribution in [0, 0.1) is 5.41 Å². The molecule has 1 fully saturated rings. The summed E-state index contributed by atoms with van der Waals surface area (Å²) in [7, 11) is 2.16. The van der Waals surface area contributed by atoms with Gasteiger partial charge in [0.1, 0.15) is 0 Å². The van der Waals surface area contributed by atoms with Gasteiger partial charge >= 0.3 is 0 Å². The summed E-state index contributed by atoms with van der Waals surface area (Å²) in [5.74, 6) is 0. The second-order valence-electron chi connectivity index (χ2n) is 6.28. The second kappa shape index (κ2) is 6.72. The Morgan fingerprint density at radius 2 is 1.94 bits per heavy atom. The Bertz CT molecular complexity index is 218. The van der Waals surface area contributed by atoms with E-state index in [2.05, 4.69) is 38.0 Å². The van der Waals surface area contributed by atoms with Gasteiger partial charge in [0.2, 0.25) is 0 Å². The molecule has 2 atom stereocenters. The van der Waals surface area contributed by atoms with Gasteiger partial charge in [0, 0.05) is 19.1 Å². The lowest BCUT2D eigenvalue weighted by atomic mass is 9.88. The summed E-state index contributed by atoms with van der Waals surface area (Å²) in [6, 6.07) is 0.365. The number of aliphatic hydroxyl groups excluding tert-OH is 1. The molecule has 0 heterocycles. The zero-order chi connectivity index (χ0) is 12.9. The van der Waals surface area contributed by atoms with E-state index in [1.165, 1.54) is 12.8 Å². The summed E-state index contributed by atoms with van der Waals surface area (Å²) in [5.41, 5.74) is 0.266. The van der Waals surface area contributed by atoms with Gasteiger partial charge in [0.15, 0.2) is 0 Å². The highest BCUT2D eigenvalue weighted by Gasteiger charge is 2.29. The summed E-state index contributed by atoms with van der Waals surface area (Å²) < 4.78 is 0. The number of likely N-dealkylation sites (N-methyl/N-ethyl adjacent to an activating group) is 1. The lowest BCUT2D eigenvalue weighted by Gasteiger charge is -2.39. The molecule has 0 saturated heterocycles. The molecular formula is C14H30N2O. The first-order valence-electron chi connectivity index (χ1n) is 7.05. The molecule has 1 aliphatic rings. The van der Waals surface area contributed by atoms with Crippen molar-refractivity contribution in [1.29, 1.82) is 0 Å². The molecule has 0 aromatic carbocycles. The van der Waals surface area contributed by atoms with Gasteiger partial charge in [0.05, 0.1) is 6.10 Å². The molecular weight excluding hydrogens is 212 g/mol. The van der Waals surface area contributed by atoms with Crippen LogP contribution in [0.5, 0.6) is 0 Å². The molecule has 3 nitrogen and oxygen atoms in total. The third-order valence-corrected chi connectivity index (χ3v) is 3.79. The molecule has 1 aliphatic carbocycles. The van der Waals surface area contributed by atoms with Gasteiger partial charge in [-0.05, 0) is 31.8 Å². The highest BCUT2D eigenvalue weighted by atomic mass is 16.3. The van der Waals surface area contributed by atoms with Crippen molar-refractivity contribution in [3.8, 4) is 0 Å². The molecule has 102 valence electrons. The molecule has 2 N–H and O–H groups in total. The normalized spacial score (nSPS) is 26.5. The van der Waals surface area contributed by atoms with Crippen LogP contribution in [0.1, 0.15) is 46.5 Å². The van der Waals surface area contributed by atoms with E-state index < -0.39 is 0 Å². The standard InChI is InChI=1S/C14H30N2O/c1-5-15-10-14(2,3)11-16(4)12-8-6-7-9-13(12)17/h12-13,15,17H,5-11H2,1-4H3. The Hall–Kier alpha value is -0.120. The maximum Gasteiger partial charge on any atom is 0.0695 e. The molecule has 1 rings (SSSR count). The highest BCUT2D eigenvalue weighted by molar-refractivity contribution is 4.85. The van der Waals surface area contributed by atoms with E-state index in [0.29, 0.717) is 6.04 Å². The van der Waals surface area contributed by atoms with Crippen LogP contribution in [0.4, 0.5) is 0 Å². The fourth-order valence-corrected chi connectivity index (χ4v) is 2.92. The zero-order valence-electron chi connectivity index (χ0n) is 12.0. The van der Waals surface area contributed by atoms with Crippen LogP contribution in [-0.2, 0) is 0 Å². The van der Waals surface area contributed by atoms with E-state index in [-0.39, 0.29) is 11.5 Å². The van der Waals surface area contributed by atoms with E-state index in [4.69, 9.17) is 0 Å². The van der Waals surface area contributed by atoms with Crippen LogP contribution in [0.15, 0.2) is 0 Å². The van der Waals surface area contributed by atoms with Crippen molar-refractivity contribution >= 4 is 0 Å². The fourth-order valence-electron chi connectivity index (χ4n) is 2.92. The van der Waals surface area contributed by atoms with E-state index in [9.17, 15) is 5.11 Å². The van der Waals surface area contributed by atoms with Crippen molar-refractivity contribution in [2.75, 3.05) is 26.7 Å². The van der Waals surface area contributed by atoms with Gasteiger partial charge in [-0.1, -0.05) is 33.6 Å². The number of nitrogens with zero attached hydrogens (tertiary/aromatic N) is 1. The number of rotatable bonds is 6. The zero-order valence-corrected chi connectivity index (χ0v) is 12.0. The van der Waals surface area contributed by atoms with Gasteiger partial charge in [-0.15, -0.1) is 0 Å². The quantitative estimate of drug-likeness (QED) is 0.746. The first-order valence-corrected chi connectivity index (χ1v) is 7.05. The minimum absolute atomic E-state index is 0.122. The molecule has 17 heavy (non-hydrogen) atoms. The van der Waals surface area contributed by atoms with Gasteiger partial charge < -0.3 is 15.3 Å². The average Bonchev–Trinajstić information content (AvgIpc) is 2.26. The summed E-state index contributed by atoms with van der Waals surface area (Å²) in [4.78, 5) is 2.36. The molecule has 2 unspecified atom stereocenters. The van der Waals surface area contributed by atoms with Crippen LogP contribution in [0.25, 0.3) is 0 Å². The fraction of sp³-hybridized carbons (Fsp3) is 1.00. The van der Waals surface area contributed by atoms with Crippen LogP contribution in [0.2, 0.25) is 0 Å². The maximum absolute atomic E-state index is 10.1. The smallest absolute Gasteiger partial charge is 0.0695 e. The van der Waals surface area contributed by atoms with Crippen molar-refractivity contribution in [3.05, 3.63) is 0 Å². The van der Waals surface area contributed by atoms with Crippen LogP contribution >= 0.6 is 0 Å². The van der Waals surface area contributed by atoms with Crippen LogP contribution in [0.3, 0.4) is 0 Å². The van der Waals surface area contributed by atoms with Gasteiger partial charge in [0.25, 0.3) is 0 Å². The average molecular weight is 242 g/mol. The van der Waals surface area contributed by atoms with E-state index >= 15 is 0 Å². The van der Waals surface area contributed by atoms with Gasteiger partial charge in [-0.25, -0.2) is 0 Å². The van der Waals surface area contributed by atoms with E-state index in [1.807, 2.05) is 0 Å². The predicted octanol–water partition coefficient (Wildman–Crippen LogP) is 1.86. The van der Waals surface area contributed by atoms with Gasteiger partial charge in [-0.2, -0.15) is 0 Å². The number of hydrogen-bond donors (Lipinski definition) is 2. The van der Waals surface area contributed by atoms with Crippen molar-refractivity contribution in [1.82, 2.24) is 10.2 Å². The molecule has 0 amide bonds. The van der Waals surface area contributed by atoms with Crippen molar-refractivity contribution in [2.24, 2.45) is 5.41 Å². The number of aliphatic hydroxyl groups is 1. The SMILES string of the molecule is CCNCC(C)(C)CN(C)C1CCCCC1O. The molecule has 3 heteroatoms. The molecule has 0 spiro atoms. The highest BCUT2D eigenvalue weighted by Crippen LogP contribution is 2.25. The molecule has 1 saturated carbocycles. The minimum Gasteiger partial charge on any atom is -0.391 e. The molecule has 0 aliphatic heterocycles. The topological polar surface area (TPSA) is 35.5 Å². The second-order valence-corrected chi connectivity index (χ2v) is 6.28. The Balaban J connectivity index is 2.43. The van der Waals surface area contributed by atoms with E-state index in [0.717, 1.165) is 32.5 Å². The first kappa shape index (κ1) is 14.9. The van der Waals surface area contributed by atoms with Crippen molar-refractivity contribution in [3.63, 3.8) is 0 Å². The maximum atomic E-state index is 10.1. The summed E-state index contributed by atoms with van der Waals surface area (Å²) in [6.45, 7) is 9.84. The largest absolute Gasteiger partial charge is 0.391 e. The molecule has 0 radical (unpaired) electrons. The van der Waals surface area contributed by atoms with Crippen LogP contribution < -0.4 is 5.32 Å². The number of hydrogen-bond acceptors (Lipinski definition) is 3. The Kier molecular flexibility index (Phi) is 5.90. The summed E-state index contributed by atoms with van der Waals surface area (Å²) in [6.07, 6.45) is 4.45. The van der Waals surface area contributed by atoms with Crippen molar-refractivity contribution < 1.29 is 5.11 Å². The number of nitrogens with one attached hydrogen (secondary N) is 1. The molecule has 0 aromatic heterocycles. The lowest BCUT2D eigenvalue weighted by molar-refractivity contribution is 0.0172. The van der Waals surface area contributed by atoms with Gasteiger partial charge in [-0.3, -0.25) is 0 Å². The molecule has 0 bridgehead atoms. The summed E-state index contributed by atoms with van der Waals surface area (Å²) >= 11 is 0.